The molecule has 24 heavy (non-hydrogen) atoms. The van der Waals surface area contributed by atoms with E-state index in [0.717, 1.165) is 0 Å². The number of nitrogens with one attached hydrogen (secondary N) is 1. The SMILES string of the molecule is CCOC(=O)c1nc(CC(=O)Nc2ccccc2C(=O)OC)no1. The van der Waals surface area contributed by atoms with Crippen LogP contribution in [0.5, 0.6) is 0 Å². The lowest BCUT2D eigenvalue weighted by molar-refractivity contribution is -0.115. The first kappa shape index (κ1) is 17.1. The number of esters is 2. The monoisotopic (exact) mass is 333 g/mol. The second-order valence-corrected chi connectivity index (χ2v) is 4.50. The van der Waals surface area contributed by atoms with Gasteiger partial charge in [0, 0.05) is 0 Å². The first-order chi connectivity index (χ1) is 11.5. The van der Waals surface area contributed by atoms with E-state index in [0.29, 0.717) is 5.69 Å². The second-order valence-electron chi connectivity index (χ2n) is 4.50. The summed E-state index contributed by atoms with van der Waals surface area (Å²) in [5, 5.41) is 6.10. The zero-order valence-corrected chi connectivity index (χ0v) is 13.1. The van der Waals surface area contributed by atoms with E-state index >= 15 is 0 Å². The third kappa shape index (κ3) is 4.15. The topological polar surface area (TPSA) is 121 Å². The van der Waals surface area contributed by atoms with Crippen LogP contribution in [0.1, 0.15) is 33.8 Å². The molecule has 126 valence electrons. The summed E-state index contributed by atoms with van der Waals surface area (Å²) in [4.78, 5) is 38.9. The summed E-state index contributed by atoms with van der Waals surface area (Å²) in [7, 11) is 1.25. The third-order valence-corrected chi connectivity index (χ3v) is 2.84. The molecule has 0 atom stereocenters. The molecule has 0 saturated carbocycles. The zero-order chi connectivity index (χ0) is 17.5. The van der Waals surface area contributed by atoms with Gasteiger partial charge in [0.2, 0.25) is 5.91 Å². The van der Waals surface area contributed by atoms with E-state index < -0.39 is 17.8 Å². The molecule has 2 aromatic rings. The molecule has 0 aliphatic heterocycles. The van der Waals surface area contributed by atoms with E-state index in [9.17, 15) is 14.4 Å². The van der Waals surface area contributed by atoms with Crippen LogP contribution in [0.4, 0.5) is 5.69 Å². The average molecular weight is 333 g/mol. The molecule has 0 bridgehead atoms. The minimum atomic E-state index is -0.757. The smallest absolute Gasteiger partial charge is 0.397 e. The number of aromatic nitrogens is 2. The van der Waals surface area contributed by atoms with Crippen LogP contribution < -0.4 is 5.32 Å². The van der Waals surface area contributed by atoms with E-state index in [1.165, 1.54) is 13.2 Å². The van der Waals surface area contributed by atoms with Crippen molar-refractivity contribution in [3.8, 4) is 0 Å². The number of carbonyl (C=O) groups is 3. The van der Waals surface area contributed by atoms with Crippen LogP contribution in [0.25, 0.3) is 0 Å². The lowest BCUT2D eigenvalue weighted by atomic mass is 10.1. The van der Waals surface area contributed by atoms with Gasteiger partial charge in [-0.1, -0.05) is 17.3 Å². The predicted octanol–water partition coefficient (Wildman–Crippen LogP) is 1.21. The Labute approximate surface area is 136 Å². The molecular weight excluding hydrogens is 318 g/mol. The Morgan fingerprint density at radius 2 is 1.96 bits per heavy atom. The molecule has 0 radical (unpaired) electrons. The number of nitrogens with zero attached hydrogens (tertiary/aromatic N) is 2. The number of hydrogen-bond acceptors (Lipinski definition) is 8. The molecule has 0 aliphatic rings. The van der Waals surface area contributed by atoms with Crippen molar-refractivity contribution in [2.24, 2.45) is 0 Å². The Bertz CT molecular complexity index is 755. The summed E-state index contributed by atoms with van der Waals surface area (Å²) in [6.45, 7) is 1.81. The van der Waals surface area contributed by atoms with Gasteiger partial charge in [0.1, 0.15) is 0 Å². The summed E-state index contributed by atoms with van der Waals surface area (Å²) in [6.07, 6.45) is -0.238. The highest BCUT2D eigenvalue weighted by atomic mass is 16.6. The zero-order valence-electron chi connectivity index (χ0n) is 13.1. The van der Waals surface area contributed by atoms with Crippen LogP contribution in [0.15, 0.2) is 28.8 Å². The van der Waals surface area contributed by atoms with E-state index in [1.807, 2.05) is 0 Å². The van der Waals surface area contributed by atoms with Crippen molar-refractivity contribution in [1.29, 1.82) is 0 Å². The third-order valence-electron chi connectivity index (χ3n) is 2.84. The molecule has 1 heterocycles. The van der Waals surface area contributed by atoms with E-state index in [4.69, 9.17) is 9.26 Å². The molecule has 1 aromatic carbocycles. The van der Waals surface area contributed by atoms with Gasteiger partial charge in [-0.15, -0.1) is 0 Å². The second kappa shape index (κ2) is 7.86. The number of para-hydroxylation sites is 1. The van der Waals surface area contributed by atoms with Gasteiger partial charge in [0.05, 0.1) is 31.4 Å². The lowest BCUT2D eigenvalue weighted by Gasteiger charge is -2.08. The Morgan fingerprint density at radius 1 is 1.21 bits per heavy atom. The standard InChI is InChI=1S/C15H15N3O6/c1-3-23-15(21)13-17-11(18-24-13)8-12(19)16-10-7-5-4-6-9(10)14(20)22-2/h4-7H,3,8H2,1-2H3,(H,16,19). The molecule has 9 nitrogen and oxygen atoms in total. The summed E-state index contributed by atoms with van der Waals surface area (Å²) >= 11 is 0. The quantitative estimate of drug-likeness (QED) is 0.783. The van der Waals surface area contributed by atoms with Crippen LogP contribution in [0.2, 0.25) is 0 Å². The molecule has 1 aromatic heterocycles. The number of benzene rings is 1. The molecule has 2 rings (SSSR count). The highest BCUT2D eigenvalue weighted by Gasteiger charge is 2.19. The van der Waals surface area contributed by atoms with Gasteiger partial charge in [-0.2, -0.15) is 4.98 Å². The fourth-order valence-corrected chi connectivity index (χ4v) is 1.82. The van der Waals surface area contributed by atoms with Crippen LogP contribution >= 0.6 is 0 Å². The normalized spacial score (nSPS) is 10.1. The number of methoxy groups -OCH3 is 1. The number of hydrogen-bond donors (Lipinski definition) is 1. The number of anilines is 1. The molecule has 0 unspecified atom stereocenters. The van der Waals surface area contributed by atoms with Crippen molar-refractivity contribution >= 4 is 23.5 Å². The highest BCUT2D eigenvalue weighted by Crippen LogP contribution is 2.16. The summed E-state index contributed by atoms with van der Waals surface area (Å²) in [6, 6.07) is 6.39. The van der Waals surface area contributed by atoms with Crippen molar-refractivity contribution in [2.75, 3.05) is 19.0 Å². The minimum absolute atomic E-state index is 0.0195. The minimum Gasteiger partial charge on any atom is -0.465 e. The molecule has 9 heteroatoms. The predicted molar refractivity (Wildman–Crippen MR) is 80.4 cm³/mol. The summed E-state index contributed by atoms with van der Waals surface area (Å²) in [5.74, 6) is -2.12. The fourth-order valence-electron chi connectivity index (χ4n) is 1.82. The van der Waals surface area contributed by atoms with Gasteiger partial charge in [-0.3, -0.25) is 4.79 Å². The van der Waals surface area contributed by atoms with Crippen LogP contribution in [0.3, 0.4) is 0 Å². The number of ether oxygens (including phenoxy) is 2. The van der Waals surface area contributed by atoms with Crippen LogP contribution in [0, 0.1) is 0 Å². The van der Waals surface area contributed by atoms with Crippen molar-refractivity contribution in [3.05, 3.63) is 41.5 Å². The van der Waals surface area contributed by atoms with E-state index in [-0.39, 0.29) is 30.3 Å². The first-order valence-corrected chi connectivity index (χ1v) is 7.02. The van der Waals surface area contributed by atoms with Crippen molar-refractivity contribution in [1.82, 2.24) is 10.1 Å². The van der Waals surface area contributed by atoms with Crippen molar-refractivity contribution < 1.29 is 28.4 Å². The van der Waals surface area contributed by atoms with Gasteiger partial charge in [-0.05, 0) is 19.1 Å². The van der Waals surface area contributed by atoms with Gasteiger partial charge in [-0.25, -0.2) is 9.59 Å². The van der Waals surface area contributed by atoms with Crippen molar-refractivity contribution in [3.63, 3.8) is 0 Å². The molecule has 1 N–H and O–H groups in total. The molecular formula is C15H15N3O6. The number of rotatable bonds is 6. The van der Waals surface area contributed by atoms with Crippen LogP contribution in [-0.2, 0) is 20.7 Å². The Kier molecular flexibility index (Phi) is 5.61. The van der Waals surface area contributed by atoms with Gasteiger partial charge in [0.15, 0.2) is 5.82 Å². The number of amides is 1. The highest BCUT2D eigenvalue weighted by molar-refractivity contribution is 6.01. The fraction of sp³-hybridized carbons (Fsp3) is 0.267. The first-order valence-electron chi connectivity index (χ1n) is 7.02. The van der Waals surface area contributed by atoms with E-state index in [2.05, 4.69) is 20.2 Å². The maximum Gasteiger partial charge on any atom is 0.397 e. The van der Waals surface area contributed by atoms with Crippen LogP contribution in [-0.4, -0.2) is 41.7 Å². The summed E-state index contributed by atoms with van der Waals surface area (Å²) in [5.41, 5.74) is 0.511. The number of carbonyl (C=O) groups excluding carboxylic acids is 3. The summed E-state index contributed by atoms with van der Waals surface area (Å²) < 4.78 is 14.1. The maximum absolute atomic E-state index is 12.0. The Balaban J connectivity index is 2.04. The van der Waals surface area contributed by atoms with Gasteiger partial charge < -0.3 is 19.3 Å². The molecule has 1 amide bonds. The molecule has 0 saturated heterocycles. The Hall–Kier alpha value is -3.23. The Morgan fingerprint density at radius 3 is 2.67 bits per heavy atom. The average Bonchev–Trinajstić information content (AvgIpc) is 3.03. The molecule has 0 fully saturated rings. The van der Waals surface area contributed by atoms with Gasteiger partial charge in [0.25, 0.3) is 0 Å². The largest absolute Gasteiger partial charge is 0.465 e. The van der Waals surface area contributed by atoms with E-state index in [1.54, 1.807) is 25.1 Å². The lowest BCUT2D eigenvalue weighted by Crippen LogP contribution is -2.18. The molecule has 0 aliphatic carbocycles. The maximum atomic E-state index is 12.0. The van der Waals surface area contributed by atoms with Gasteiger partial charge >= 0.3 is 17.8 Å². The van der Waals surface area contributed by atoms with Crippen molar-refractivity contribution in [2.45, 2.75) is 13.3 Å². The molecule has 0 spiro atoms.